The topological polar surface area (TPSA) is 98.8 Å². The molecule has 0 aliphatic heterocycles. The van der Waals surface area contributed by atoms with Crippen LogP contribution >= 0.6 is 0 Å². The first-order valence-corrected chi connectivity index (χ1v) is 4.83. The number of nitro groups is 1. The third-order valence-corrected chi connectivity index (χ3v) is 2.21. The molecule has 0 atom stereocenters. The van der Waals surface area contributed by atoms with Crippen molar-refractivity contribution in [3.63, 3.8) is 0 Å². The van der Waals surface area contributed by atoms with Crippen molar-refractivity contribution in [2.24, 2.45) is 0 Å². The van der Waals surface area contributed by atoms with Crippen LogP contribution < -0.4 is 22.7 Å². The number of nitrogens with zero attached hydrogens (tertiary/aromatic N) is 4. The van der Waals surface area contributed by atoms with Gasteiger partial charge in [-0.05, 0) is 23.5 Å². The van der Waals surface area contributed by atoms with E-state index < -0.39 is 4.92 Å². The molecule has 0 bridgehead atoms. The molecule has 0 aromatic carbocycles. The van der Waals surface area contributed by atoms with E-state index in [1.54, 1.807) is 23.0 Å². The van der Waals surface area contributed by atoms with Crippen LogP contribution in [0.3, 0.4) is 0 Å². The molecule has 2 aromatic rings. The number of nitrogen functional groups attached to an aromatic ring is 1. The summed E-state index contributed by atoms with van der Waals surface area (Å²) in [7, 11) is 0. The Morgan fingerprint density at radius 2 is 2.17 bits per heavy atom. The molecule has 0 aliphatic carbocycles. The largest absolute Gasteiger partial charge is 1.00 e. The first-order chi connectivity index (χ1) is 8.09. The molecule has 7 nitrogen and oxygen atoms in total. The molecule has 18 heavy (non-hydrogen) atoms. The van der Waals surface area contributed by atoms with Crippen molar-refractivity contribution >= 4 is 11.5 Å². The van der Waals surface area contributed by atoms with Crippen LogP contribution in [0.4, 0.5) is 11.5 Å². The Balaban J connectivity index is 0.00000162. The first-order valence-electron chi connectivity index (χ1n) is 4.83. The predicted molar refractivity (Wildman–Crippen MR) is 59.4 cm³/mol. The van der Waals surface area contributed by atoms with Gasteiger partial charge in [0.15, 0.2) is 0 Å². The Bertz CT molecular complexity index is 590. The average molecular weight is 268 g/mol. The fourth-order valence-corrected chi connectivity index (χ4v) is 1.47. The maximum absolute atomic E-state index is 10.9. The molecular weight excluding hydrogens is 258 g/mol. The summed E-state index contributed by atoms with van der Waals surface area (Å²) in [6.07, 6.45) is 4.60. The van der Waals surface area contributed by atoms with Crippen molar-refractivity contribution in [2.45, 2.75) is 6.92 Å². The zero-order valence-corrected chi connectivity index (χ0v) is 10.2. The van der Waals surface area contributed by atoms with Crippen LogP contribution in [-0.4, -0.2) is 14.9 Å². The number of hydrogen-bond donors (Lipinski definition) is 1. The van der Waals surface area contributed by atoms with Gasteiger partial charge in [0.05, 0.1) is 17.3 Å². The van der Waals surface area contributed by atoms with Crippen molar-refractivity contribution in [1.82, 2.24) is 9.97 Å². The number of halogens is 1. The maximum atomic E-state index is 10.9. The Morgan fingerprint density at radius 3 is 2.78 bits per heavy atom. The summed E-state index contributed by atoms with van der Waals surface area (Å²) in [5.74, 6) is 0.0141. The van der Waals surface area contributed by atoms with Gasteiger partial charge in [-0.3, -0.25) is 10.1 Å². The van der Waals surface area contributed by atoms with Gasteiger partial charge < -0.3 is 18.1 Å². The Morgan fingerprint density at radius 1 is 1.44 bits per heavy atom. The van der Waals surface area contributed by atoms with E-state index in [1.165, 1.54) is 6.33 Å². The minimum absolute atomic E-state index is 0. The third kappa shape index (κ3) is 2.51. The number of hydrogen-bond acceptors (Lipinski definition) is 5. The molecule has 0 unspecified atom stereocenters. The van der Waals surface area contributed by atoms with Crippen molar-refractivity contribution in [3.05, 3.63) is 46.5 Å². The van der Waals surface area contributed by atoms with Crippen LogP contribution in [0, 0.1) is 17.0 Å². The number of anilines is 1. The molecule has 8 heteroatoms. The van der Waals surface area contributed by atoms with E-state index >= 15 is 0 Å². The Kier molecular flexibility index (Phi) is 4.11. The van der Waals surface area contributed by atoms with Crippen molar-refractivity contribution in [2.75, 3.05) is 5.73 Å². The summed E-state index contributed by atoms with van der Waals surface area (Å²) >= 11 is 0. The van der Waals surface area contributed by atoms with Gasteiger partial charge in [0, 0.05) is 0 Å². The lowest BCUT2D eigenvalue weighted by Gasteiger charge is -1.99. The highest BCUT2D eigenvalue weighted by Crippen LogP contribution is 2.21. The van der Waals surface area contributed by atoms with E-state index in [9.17, 15) is 10.1 Å². The number of aryl methyl sites for hydroxylation is 1. The summed E-state index contributed by atoms with van der Waals surface area (Å²) in [5.41, 5.74) is 6.16. The smallest absolute Gasteiger partial charge is 0.412 e. The highest BCUT2D eigenvalue weighted by molar-refractivity contribution is 5.58. The Labute approximate surface area is 109 Å². The predicted octanol–water partition coefficient (Wildman–Crippen LogP) is -2.44. The van der Waals surface area contributed by atoms with E-state index in [0.717, 1.165) is 5.56 Å². The van der Waals surface area contributed by atoms with Gasteiger partial charge in [-0.2, -0.15) is 9.55 Å². The normalized spacial score (nSPS) is 9.61. The molecule has 2 N–H and O–H groups in total. The minimum Gasteiger partial charge on any atom is -1.00 e. The van der Waals surface area contributed by atoms with E-state index in [4.69, 9.17) is 5.73 Å². The monoisotopic (exact) mass is 267 g/mol. The zero-order valence-electron chi connectivity index (χ0n) is 9.45. The van der Waals surface area contributed by atoms with Gasteiger partial charge >= 0.3 is 11.5 Å². The quantitative estimate of drug-likeness (QED) is 0.370. The minimum atomic E-state index is -0.583. The zero-order chi connectivity index (χ0) is 12.4. The molecule has 2 heterocycles. The fraction of sp³-hybridized carbons (Fsp3) is 0.100. The second-order valence-corrected chi connectivity index (χ2v) is 3.48. The first kappa shape index (κ1) is 13.8. The molecule has 94 valence electrons. The van der Waals surface area contributed by atoms with E-state index in [-0.39, 0.29) is 29.7 Å². The second-order valence-electron chi connectivity index (χ2n) is 3.48. The van der Waals surface area contributed by atoms with Crippen molar-refractivity contribution in [3.8, 4) is 5.82 Å². The molecule has 2 rings (SSSR count). The van der Waals surface area contributed by atoms with Crippen LogP contribution in [0.25, 0.3) is 5.82 Å². The molecule has 0 aliphatic rings. The molecule has 0 saturated heterocycles. The summed E-state index contributed by atoms with van der Waals surface area (Å²) < 4.78 is 1.55. The van der Waals surface area contributed by atoms with Crippen molar-refractivity contribution in [1.29, 1.82) is 0 Å². The van der Waals surface area contributed by atoms with Crippen LogP contribution in [0.2, 0.25) is 0 Å². The van der Waals surface area contributed by atoms with Gasteiger partial charge in [0.25, 0.3) is 0 Å². The van der Waals surface area contributed by atoms with Crippen LogP contribution in [0.1, 0.15) is 5.56 Å². The fourth-order valence-electron chi connectivity index (χ4n) is 1.47. The molecule has 2 aromatic heterocycles. The molecule has 0 saturated carbocycles. The average Bonchev–Trinajstić information content (AvgIpc) is 2.28. The standard InChI is InChI=1S/C10H10N5O2.ClH/c1-7-3-2-4-14(5-7)10-8(15(16)17)9(11)12-6-13-10;/h2-6H,1H3,(H2,11,12,13);1H/q+1;/p-1. The summed E-state index contributed by atoms with van der Waals surface area (Å²) in [6, 6.07) is 3.66. The molecule has 0 radical (unpaired) electrons. The number of pyridine rings is 1. The summed E-state index contributed by atoms with van der Waals surface area (Å²) in [6.45, 7) is 1.88. The molecule has 0 spiro atoms. The van der Waals surface area contributed by atoms with Gasteiger partial charge in [0.2, 0.25) is 12.1 Å². The number of nitrogens with two attached hydrogens (primary N) is 1. The van der Waals surface area contributed by atoms with Gasteiger partial charge in [0.1, 0.15) is 0 Å². The lowest BCUT2D eigenvalue weighted by molar-refractivity contribution is -0.605. The van der Waals surface area contributed by atoms with Gasteiger partial charge in [-0.25, -0.2) is 0 Å². The van der Waals surface area contributed by atoms with Crippen LogP contribution in [0.15, 0.2) is 30.9 Å². The van der Waals surface area contributed by atoms with Crippen LogP contribution in [-0.2, 0) is 0 Å². The number of aromatic nitrogens is 3. The lowest BCUT2D eigenvalue weighted by Crippen LogP contribution is -3.00. The van der Waals surface area contributed by atoms with Crippen molar-refractivity contribution < 1.29 is 21.9 Å². The highest BCUT2D eigenvalue weighted by Gasteiger charge is 2.29. The highest BCUT2D eigenvalue weighted by atomic mass is 35.5. The van der Waals surface area contributed by atoms with E-state index in [0.29, 0.717) is 0 Å². The summed E-state index contributed by atoms with van der Waals surface area (Å²) in [4.78, 5) is 17.9. The SMILES string of the molecule is Cc1ccc[n+](-c2ncnc(N)c2[N+](=O)[O-])c1.[Cl-]. The third-order valence-electron chi connectivity index (χ3n) is 2.21. The summed E-state index contributed by atoms with van der Waals surface area (Å²) in [5, 5.41) is 10.9. The van der Waals surface area contributed by atoms with Gasteiger partial charge in [-0.15, -0.1) is 0 Å². The van der Waals surface area contributed by atoms with Gasteiger partial charge in [-0.1, -0.05) is 6.07 Å². The molecule has 0 amide bonds. The second kappa shape index (κ2) is 5.37. The van der Waals surface area contributed by atoms with Crippen LogP contribution in [0.5, 0.6) is 0 Å². The maximum Gasteiger partial charge on any atom is 0.412 e. The number of rotatable bonds is 2. The molecule has 0 fully saturated rings. The van der Waals surface area contributed by atoms with E-state index in [1.807, 2.05) is 13.0 Å². The van der Waals surface area contributed by atoms with E-state index in [2.05, 4.69) is 9.97 Å². The Hall–Kier alpha value is -2.28. The lowest BCUT2D eigenvalue weighted by atomic mass is 10.3. The molecular formula is C10H10ClN5O2.